The largest absolute Gasteiger partial charge is 0.442 e. The third-order valence-corrected chi connectivity index (χ3v) is 11.3. The molecule has 31 nitrogen and oxygen atoms in total. The molecule has 0 aliphatic carbocycles. The maximum atomic E-state index is 11.5. The van der Waals surface area contributed by atoms with E-state index >= 15 is 0 Å². The van der Waals surface area contributed by atoms with E-state index in [4.69, 9.17) is 9.47 Å². The molecule has 0 bridgehead atoms. The van der Waals surface area contributed by atoms with Crippen LogP contribution in [0.3, 0.4) is 0 Å². The summed E-state index contributed by atoms with van der Waals surface area (Å²) in [4.78, 5) is 26.7. The Morgan fingerprint density at radius 1 is 0.469 bits per heavy atom. The first-order valence-electron chi connectivity index (χ1n) is 17.8. The topological polar surface area (TPSA) is 394 Å². The minimum atomic E-state index is -4.15. The Morgan fingerprint density at radius 3 is 1.00 bits per heavy atom. The van der Waals surface area contributed by atoms with Crippen LogP contribution in [0.4, 0.5) is 9.59 Å². The molecule has 0 aliphatic heterocycles. The Kier molecular flexibility index (Phi) is 39.0. The molecular weight excluding hydrogens is 989 g/mol. The number of hydrogen-bond acceptors (Lipinski definition) is 25. The van der Waals surface area contributed by atoms with Crippen molar-refractivity contribution in [1.82, 2.24) is 59.9 Å². The molecule has 0 spiro atoms. The van der Waals surface area contributed by atoms with Crippen LogP contribution >= 0.6 is 0 Å². The number of nitrogens with zero attached hydrogens (tertiary/aromatic N) is 4. The first-order chi connectivity index (χ1) is 28.4. The van der Waals surface area contributed by atoms with Gasteiger partial charge in [0.15, 0.2) is 0 Å². The Hall–Kier alpha value is -2.28. The van der Waals surface area contributed by atoms with Gasteiger partial charge >= 0.3 is 43.1 Å². The summed E-state index contributed by atoms with van der Waals surface area (Å²) >= 11 is 0. The van der Waals surface area contributed by atoms with E-state index in [1.807, 2.05) is 9.66 Å². The lowest BCUT2D eigenvalue weighted by Crippen LogP contribution is -2.48. The first-order valence-corrected chi connectivity index (χ1v) is 27.5. The van der Waals surface area contributed by atoms with E-state index in [0.717, 1.165) is 27.6 Å². The maximum Gasteiger partial charge on any atom is 0.441 e. The molecule has 0 saturated carbocycles. The van der Waals surface area contributed by atoms with Gasteiger partial charge in [-0.25, -0.2) is 67.4 Å². The average Bonchev–Trinajstić information content (AvgIpc) is 3.06. The molecular formula is C27H74N12O19S6. The van der Waals surface area contributed by atoms with Crippen molar-refractivity contribution in [3.63, 3.8) is 0 Å². The van der Waals surface area contributed by atoms with Gasteiger partial charge in [0.05, 0.1) is 38.6 Å². The summed E-state index contributed by atoms with van der Waals surface area (Å²) in [5, 5.41) is 0. The molecule has 0 atom stereocenters. The number of nitrogens with one attached hydrogen (secondary N) is 8. The van der Waals surface area contributed by atoms with Crippen molar-refractivity contribution < 1.29 is 82.1 Å². The van der Waals surface area contributed by atoms with E-state index in [2.05, 4.69) is 45.1 Å². The number of carbonyl (C=O) groups is 2. The second-order valence-electron chi connectivity index (χ2n) is 12.9. The van der Waals surface area contributed by atoms with E-state index in [1.165, 1.54) is 56.3 Å². The van der Waals surface area contributed by atoms with Crippen LogP contribution in [-0.2, 0) is 83.0 Å². The molecule has 0 unspecified atom stereocenters. The zero-order chi connectivity index (χ0) is 52.8. The normalized spacial score (nSPS) is 12.2. The Morgan fingerprint density at radius 2 is 0.797 bits per heavy atom. The fraction of sp³-hybridized carbons (Fsp3) is 0.926. The van der Waals surface area contributed by atoms with Gasteiger partial charge in [0.25, 0.3) is 10.0 Å². The lowest BCUT2D eigenvalue weighted by molar-refractivity contribution is 0.0310. The van der Waals surface area contributed by atoms with E-state index < -0.39 is 84.4 Å². The van der Waals surface area contributed by atoms with Crippen LogP contribution in [0.25, 0.3) is 0 Å². The van der Waals surface area contributed by atoms with Crippen molar-refractivity contribution in [1.29, 1.82) is 0 Å². The number of ether oxygens (including phenoxy) is 2. The van der Waals surface area contributed by atoms with Crippen LogP contribution in [0.5, 0.6) is 0 Å². The quantitative estimate of drug-likeness (QED) is 0.0633. The molecule has 2 amide bonds. The second-order valence-corrected chi connectivity index (χ2v) is 22.9. The fourth-order valence-electron chi connectivity index (χ4n) is 2.50. The fourth-order valence-corrected chi connectivity index (χ4v) is 5.98. The number of amides is 2. The van der Waals surface area contributed by atoms with Crippen LogP contribution < -0.4 is 42.2 Å². The van der Waals surface area contributed by atoms with Crippen molar-refractivity contribution in [2.45, 2.75) is 73.5 Å². The summed E-state index contributed by atoms with van der Waals surface area (Å²) in [6, 6.07) is 0. The molecule has 0 aromatic heterocycles. The summed E-state index contributed by atoms with van der Waals surface area (Å²) in [6.45, 7) is 14.8. The van der Waals surface area contributed by atoms with Gasteiger partial charge < -0.3 is 9.47 Å². The number of carbonyl (C=O) groups excluding carboxylic acids is 2. The van der Waals surface area contributed by atoms with Crippen LogP contribution in [0.15, 0.2) is 0 Å². The van der Waals surface area contributed by atoms with Gasteiger partial charge in [-0.15, -0.1) is 22.5 Å². The monoisotopic (exact) mass is 1060 g/mol. The summed E-state index contributed by atoms with van der Waals surface area (Å²) < 4.78 is 154. The summed E-state index contributed by atoms with van der Waals surface area (Å²) in [5.74, 6) is 0. The predicted octanol–water partition coefficient (Wildman–Crippen LogP) is -3.04. The van der Waals surface area contributed by atoms with E-state index in [-0.39, 0.29) is 19.8 Å². The van der Waals surface area contributed by atoms with Gasteiger partial charge in [-0.05, 0) is 90.5 Å². The van der Waals surface area contributed by atoms with Crippen molar-refractivity contribution >= 4 is 73.2 Å². The molecule has 64 heavy (non-hydrogen) atoms. The Bertz CT molecular complexity index is 1950. The van der Waals surface area contributed by atoms with Gasteiger partial charge in [-0.3, -0.25) is 12.5 Å². The number of hydrogen-bond donors (Lipinski definition) is 8. The average molecular weight is 1060 g/mol. The third-order valence-electron chi connectivity index (χ3n) is 4.86. The van der Waals surface area contributed by atoms with Crippen LogP contribution in [-0.4, -0.2) is 187 Å². The zero-order valence-corrected chi connectivity index (χ0v) is 45.0. The standard InChI is InChI=1S/C8H18N2O5S.C7H16N2O4S.C4H12N2O3S.C3H10N2O3S.C3H10N2O2S.C2H8N2O2S/c1-6-14-16(12,13)10(9-5)7(11)15-8(2,3)4;1-7(2,3)13-6(10)9(8-4)14(5,11)12;1-4-9-10(7,8)6(3)5-2;1-3-8-9(6,7)5-4-2;1-4-5(2)8(3,6)7;1-3-4-7(2,5)6/h9H,6H2,1-5H3;8H,1-5H3;5H,4H2,1-3H3;4-5H,3H2,1-2H3;4H,1-3H3;3-4H,1-2H3. The van der Waals surface area contributed by atoms with Crippen LogP contribution in [0.1, 0.15) is 62.3 Å². The van der Waals surface area contributed by atoms with Crippen molar-refractivity contribution in [3.8, 4) is 0 Å². The summed E-state index contributed by atoms with van der Waals surface area (Å²) in [5.41, 5.74) is 12.3. The molecule has 392 valence electrons. The molecule has 0 fully saturated rings. The molecule has 0 aliphatic rings. The molecule has 0 radical (unpaired) electrons. The molecule has 37 heteroatoms. The molecule has 8 N–H and O–H groups in total. The zero-order valence-electron chi connectivity index (χ0n) is 40.1. The lowest BCUT2D eigenvalue weighted by atomic mass is 10.2. The number of hydrazine groups is 6. The third kappa shape index (κ3) is 44.9. The van der Waals surface area contributed by atoms with E-state index in [1.54, 1.807) is 62.4 Å². The molecule has 0 aromatic carbocycles. The number of sulfonamides is 3. The van der Waals surface area contributed by atoms with E-state index in [9.17, 15) is 60.1 Å². The van der Waals surface area contributed by atoms with Crippen LogP contribution in [0.2, 0.25) is 0 Å². The molecule has 0 heterocycles. The SMILES string of the molecule is CCOS(=O)(=O)N(C)NC.CCOS(=O)(=O)N(NC)C(=O)OC(C)(C)C.CCOS(=O)(=O)NNC.CNN(C(=O)OC(C)(C)C)S(C)(=O)=O.CNN(C)S(C)(=O)=O.CNNS(C)(=O)=O. The highest BCUT2D eigenvalue weighted by molar-refractivity contribution is 7.89. The van der Waals surface area contributed by atoms with Crippen molar-refractivity contribution in [3.05, 3.63) is 0 Å². The molecule has 0 rings (SSSR count). The Balaban J connectivity index is -0.000000162. The van der Waals surface area contributed by atoms with Crippen molar-refractivity contribution in [2.75, 3.05) is 95.0 Å². The minimum absolute atomic E-state index is 0.0662. The Labute approximate surface area is 382 Å². The van der Waals surface area contributed by atoms with Crippen LogP contribution in [0, 0.1) is 0 Å². The maximum absolute atomic E-state index is 11.5. The number of rotatable bonds is 18. The first kappa shape index (κ1) is 73.3. The minimum Gasteiger partial charge on any atom is -0.442 e. The van der Waals surface area contributed by atoms with Crippen molar-refractivity contribution in [2.24, 2.45) is 0 Å². The summed E-state index contributed by atoms with van der Waals surface area (Å²) in [7, 11) is -9.56. The molecule has 0 aromatic rings. The van der Waals surface area contributed by atoms with Gasteiger partial charge in [0.1, 0.15) is 11.2 Å². The predicted molar refractivity (Wildman–Crippen MR) is 238 cm³/mol. The highest BCUT2D eigenvalue weighted by atomic mass is 32.2. The summed E-state index contributed by atoms with van der Waals surface area (Å²) in [6.07, 6.45) is 1.13. The molecule has 0 saturated heterocycles. The van der Waals surface area contributed by atoms with Gasteiger partial charge in [0, 0.05) is 28.2 Å². The van der Waals surface area contributed by atoms with Gasteiger partial charge in [0.2, 0.25) is 20.0 Å². The van der Waals surface area contributed by atoms with E-state index in [0.29, 0.717) is 8.83 Å². The van der Waals surface area contributed by atoms with Gasteiger partial charge in [-0.1, -0.05) is 0 Å². The highest BCUT2D eigenvalue weighted by Gasteiger charge is 2.32. The lowest BCUT2D eigenvalue weighted by Gasteiger charge is -2.25. The highest BCUT2D eigenvalue weighted by Crippen LogP contribution is 2.12. The second kappa shape index (κ2) is 34.1. The smallest absolute Gasteiger partial charge is 0.441 e. The van der Waals surface area contributed by atoms with Gasteiger partial charge in [-0.2, -0.15) is 30.1 Å².